The predicted molar refractivity (Wildman–Crippen MR) is 92.5 cm³/mol. The summed E-state index contributed by atoms with van der Waals surface area (Å²) in [6.07, 6.45) is 1.42. The third kappa shape index (κ3) is 4.43. The molecule has 0 fully saturated rings. The van der Waals surface area contributed by atoms with Gasteiger partial charge in [-0.2, -0.15) is 0 Å². The first-order chi connectivity index (χ1) is 12.0. The van der Waals surface area contributed by atoms with Crippen molar-refractivity contribution in [1.29, 1.82) is 0 Å². The van der Waals surface area contributed by atoms with Gasteiger partial charge in [-0.25, -0.2) is 9.18 Å². The van der Waals surface area contributed by atoms with Gasteiger partial charge in [-0.15, -0.1) is 5.73 Å². The lowest BCUT2D eigenvalue weighted by Gasteiger charge is -2.28. The summed E-state index contributed by atoms with van der Waals surface area (Å²) in [5.41, 5.74) is 2.09. The van der Waals surface area contributed by atoms with Crippen molar-refractivity contribution in [3.05, 3.63) is 89.9 Å². The molecule has 0 aliphatic carbocycles. The molecule has 0 saturated carbocycles. The zero-order valence-electron chi connectivity index (χ0n) is 13.8. The summed E-state index contributed by atoms with van der Waals surface area (Å²) in [7, 11) is 1.23. The van der Waals surface area contributed by atoms with Crippen LogP contribution >= 0.6 is 0 Å². The first-order valence-electron chi connectivity index (χ1n) is 7.58. The zero-order valence-corrected chi connectivity index (χ0v) is 13.8. The molecule has 0 saturated heterocycles. The van der Waals surface area contributed by atoms with E-state index in [1.807, 2.05) is 0 Å². The summed E-state index contributed by atoms with van der Waals surface area (Å²) in [5.74, 6) is -1.50. The normalized spacial score (nSPS) is 12.4. The van der Waals surface area contributed by atoms with Crippen LogP contribution in [0.3, 0.4) is 0 Å². The van der Waals surface area contributed by atoms with Crippen LogP contribution in [0.1, 0.15) is 15.9 Å². The standard InChI is InChI=1S/C20H18FNO3/c1-3-13-20(19(24)25-2,14-15-9-11-17(21)12-10-15)22-18(23)16-7-5-4-6-8-16/h4-13H,1,14H2,2H3,(H,22,23). The first kappa shape index (κ1) is 18.2. The number of benzene rings is 2. The molecule has 1 N–H and O–H groups in total. The Bertz CT molecular complexity index is 795. The third-order valence-corrected chi connectivity index (χ3v) is 3.67. The third-order valence-electron chi connectivity index (χ3n) is 3.67. The SMILES string of the molecule is C=C=CC(Cc1ccc(F)cc1)(NC(=O)c1ccccc1)C(=O)OC. The summed E-state index contributed by atoms with van der Waals surface area (Å²) in [5, 5.41) is 2.70. The van der Waals surface area contributed by atoms with Crippen LogP contribution in [0.5, 0.6) is 0 Å². The highest BCUT2D eigenvalue weighted by Crippen LogP contribution is 2.19. The van der Waals surface area contributed by atoms with Crippen LogP contribution in [0.2, 0.25) is 0 Å². The van der Waals surface area contributed by atoms with E-state index in [2.05, 4.69) is 17.6 Å². The average molecular weight is 339 g/mol. The molecule has 0 aliphatic rings. The maximum absolute atomic E-state index is 13.1. The van der Waals surface area contributed by atoms with Crippen molar-refractivity contribution in [2.45, 2.75) is 12.0 Å². The number of rotatable bonds is 6. The summed E-state index contributed by atoms with van der Waals surface area (Å²) in [6.45, 7) is 3.50. The van der Waals surface area contributed by atoms with Crippen LogP contribution in [0.4, 0.5) is 4.39 Å². The van der Waals surface area contributed by atoms with Crippen molar-refractivity contribution < 1.29 is 18.7 Å². The lowest BCUT2D eigenvalue weighted by molar-refractivity contribution is -0.146. The monoisotopic (exact) mass is 339 g/mol. The van der Waals surface area contributed by atoms with Crippen LogP contribution in [0.25, 0.3) is 0 Å². The molecule has 128 valence electrons. The van der Waals surface area contributed by atoms with Crippen molar-refractivity contribution in [1.82, 2.24) is 5.32 Å². The predicted octanol–water partition coefficient (Wildman–Crippen LogP) is 3.05. The van der Waals surface area contributed by atoms with E-state index in [0.29, 0.717) is 11.1 Å². The van der Waals surface area contributed by atoms with Gasteiger partial charge in [0.05, 0.1) is 7.11 Å². The molecular weight excluding hydrogens is 321 g/mol. The Kier molecular flexibility index (Phi) is 5.88. The summed E-state index contributed by atoms with van der Waals surface area (Å²) < 4.78 is 18.0. The molecule has 0 heterocycles. The fraction of sp³-hybridized carbons (Fsp3) is 0.150. The number of carbonyl (C=O) groups excluding carboxylic acids is 2. The lowest BCUT2D eigenvalue weighted by atomic mass is 9.90. The van der Waals surface area contributed by atoms with Gasteiger partial charge in [-0.1, -0.05) is 36.9 Å². The fourth-order valence-corrected chi connectivity index (χ4v) is 2.46. The molecule has 1 atom stereocenters. The lowest BCUT2D eigenvalue weighted by Crippen LogP contribution is -2.55. The highest BCUT2D eigenvalue weighted by atomic mass is 19.1. The van der Waals surface area contributed by atoms with E-state index in [0.717, 1.165) is 0 Å². The molecule has 0 bridgehead atoms. The topological polar surface area (TPSA) is 55.4 Å². The molecule has 1 amide bonds. The molecule has 0 spiro atoms. The van der Waals surface area contributed by atoms with Crippen LogP contribution < -0.4 is 5.32 Å². The summed E-state index contributed by atoms with van der Waals surface area (Å²) in [6, 6.07) is 14.1. The number of esters is 1. The first-order valence-corrected chi connectivity index (χ1v) is 7.58. The molecule has 25 heavy (non-hydrogen) atoms. The molecule has 0 aliphatic heterocycles. The highest BCUT2D eigenvalue weighted by molar-refractivity contribution is 5.99. The molecule has 0 radical (unpaired) electrons. The van der Waals surface area contributed by atoms with Gasteiger partial charge >= 0.3 is 5.97 Å². The Labute approximate surface area is 145 Å². The van der Waals surface area contributed by atoms with Crippen LogP contribution in [-0.2, 0) is 16.0 Å². The minimum Gasteiger partial charge on any atom is -0.467 e. The molecule has 1 unspecified atom stereocenters. The Balaban J connectivity index is 2.40. The van der Waals surface area contributed by atoms with Crippen LogP contribution in [0.15, 0.2) is 73.0 Å². The number of hydrogen-bond acceptors (Lipinski definition) is 3. The smallest absolute Gasteiger partial charge is 0.336 e. The Morgan fingerprint density at radius 1 is 1.20 bits per heavy atom. The molecule has 4 nitrogen and oxygen atoms in total. The number of methoxy groups -OCH3 is 1. The Morgan fingerprint density at radius 2 is 1.84 bits per heavy atom. The van der Waals surface area contributed by atoms with E-state index in [-0.39, 0.29) is 12.2 Å². The maximum Gasteiger partial charge on any atom is 0.336 e. The number of hydrogen-bond donors (Lipinski definition) is 1. The number of halogens is 1. The molecule has 5 heteroatoms. The minimum atomic E-state index is -1.50. The van der Waals surface area contributed by atoms with E-state index in [9.17, 15) is 14.0 Å². The molecule has 2 aromatic carbocycles. The number of ether oxygens (including phenoxy) is 1. The largest absolute Gasteiger partial charge is 0.467 e. The molecule has 0 aromatic heterocycles. The van der Waals surface area contributed by atoms with Gasteiger partial charge in [0.2, 0.25) is 0 Å². The summed E-state index contributed by atoms with van der Waals surface area (Å²) >= 11 is 0. The van der Waals surface area contributed by atoms with E-state index >= 15 is 0 Å². The van der Waals surface area contributed by atoms with E-state index < -0.39 is 17.4 Å². The Morgan fingerprint density at radius 3 is 2.40 bits per heavy atom. The van der Waals surface area contributed by atoms with Gasteiger partial charge in [0.25, 0.3) is 5.91 Å². The van der Waals surface area contributed by atoms with E-state index in [4.69, 9.17) is 4.74 Å². The van der Waals surface area contributed by atoms with E-state index in [1.165, 1.54) is 25.3 Å². The van der Waals surface area contributed by atoms with Crippen molar-refractivity contribution in [2.24, 2.45) is 0 Å². The van der Waals surface area contributed by atoms with Crippen LogP contribution in [0, 0.1) is 5.82 Å². The van der Waals surface area contributed by atoms with Gasteiger partial charge in [0.1, 0.15) is 5.82 Å². The average Bonchev–Trinajstić information content (AvgIpc) is 2.63. The fourth-order valence-electron chi connectivity index (χ4n) is 2.46. The van der Waals surface area contributed by atoms with Crippen molar-refractivity contribution in [2.75, 3.05) is 7.11 Å². The minimum absolute atomic E-state index is 0.0705. The van der Waals surface area contributed by atoms with Crippen molar-refractivity contribution in [3.63, 3.8) is 0 Å². The summed E-state index contributed by atoms with van der Waals surface area (Å²) in [4.78, 5) is 25.0. The second-order valence-electron chi connectivity index (χ2n) is 5.43. The van der Waals surface area contributed by atoms with Gasteiger partial charge in [-0.05, 0) is 35.9 Å². The second-order valence-corrected chi connectivity index (χ2v) is 5.43. The number of nitrogens with one attached hydrogen (secondary N) is 1. The van der Waals surface area contributed by atoms with Gasteiger partial charge < -0.3 is 10.1 Å². The quantitative estimate of drug-likeness (QED) is 0.650. The number of carbonyl (C=O) groups is 2. The van der Waals surface area contributed by atoms with Crippen molar-refractivity contribution in [3.8, 4) is 0 Å². The molecule has 2 rings (SSSR count). The zero-order chi connectivity index (χ0) is 18.3. The van der Waals surface area contributed by atoms with Crippen molar-refractivity contribution >= 4 is 11.9 Å². The Hall–Kier alpha value is -3.17. The maximum atomic E-state index is 13.1. The molecular formula is C20H18FNO3. The van der Waals surface area contributed by atoms with Gasteiger partial charge in [0, 0.05) is 12.0 Å². The van der Waals surface area contributed by atoms with Crippen LogP contribution in [-0.4, -0.2) is 24.5 Å². The van der Waals surface area contributed by atoms with Gasteiger partial charge in [0.15, 0.2) is 5.54 Å². The second kappa shape index (κ2) is 8.08. The van der Waals surface area contributed by atoms with E-state index in [1.54, 1.807) is 42.5 Å². The van der Waals surface area contributed by atoms with Gasteiger partial charge in [-0.3, -0.25) is 4.79 Å². The number of amides is 1. The highest BCUT2D eigenvalue weighted by Gasteiger charge is 2.39. The molecule has 2 aromatic rings.